The number of hydrogen-bond donors (Lipinski definition) is 1. The number of hydrogen-bond acceptors (Lipinski definition) is 4. The number of benzene rings is 1. The summed E-state index contributed by atoms with van der Waals surface area (Å²) in [7, 11) is 1.27. The summed E-state index contributed by atoms with van der Waals surface area (Å²) < 4.78 is 18.0. The Kier molecular flexibility index (Phi) is 4.61. The summed E-state index contributed by atoms with van der Waals surface area (Å²) in [4.78, 5) is 27.0. The summed E-state index contributed by atoms with van der Waals surface area (Å²) in [6.45, 7) is 0.0373. The van der Waals surface area contributed by atoms with E-state index in [9.17, 15) is 14.0 Å². The first-order chi connectivity index (χ1) is 10.1. The lowest BCUT2D eigenvalue weighted by Crippen LogP contribution is -2.23. The molecule has 1 aromatic carbocycles. The molecule has 2 aromatic rings. The molecule has 0 fully saturated rings. The molecule has 0 saturated heterocycles. The summed E-state index contributed by atoms with van der Waals surface area (Å²) >= 11 is 0. The third kappa shape index (κ3) is 3.62. The van der Waals surface area contributed by atoms with Gasteiger partial charge in [0, 0.05) is 23.9 Å². The predicted octanol–water partition coefficient (Wildman–Crippen LogP) is 1.94. The summed E-state index contributed by atoms with van der Waals surface area (Å²) in [5, 5.41) is 2.58. The van der Waals surface area contributed by atoms with Crippen LogP contribution in [0.4, 0.5) is 4.39 Å². The van der Waals surface area contributed by atoms with Crippen LogP contribution in [0.25, 0.3) is 0 Å². The standard InChI is InChI=1S/C15H13FN2O3/c1-21-15(20)11-4-2-3-10(7-11)14(19)18-8-12-5-6-17-9-13(12)16/h2-7,9H,8H2,1H3,(H,18,19). The van der Waals surface area contributed by atoms with Crippen molar-refractivity contribution in [3.05, 3.63) is 65.2 Å². The van der Waals surface area contributed by atoms with E-state index >= 15 is 0 Å². The van der Waals surface area contributed by atoms with Gasteiger partial charge in [-0.1, -0.05) is 6.07 Å². The van der Waals surface area contributed by atoms with Crippen molar-refractivity contribution in [2.24, 2.45) is 0 Å². The van der Waals surface area contributed by atoms with Crippen molar-refractivity contribution in [3.63, 3.8) is 0 Å². The zero-order valence-corrected chi connectivity index (χ0v) is 11.3. The number of rotatable bonds is 4. The molecule has 0 aliphatic rings. The smallest absolute Gasteiger partial charge is 0.337 e. The first kappa shape index (κ1) is 14.6. The van der Waals surface area contributed by atoms with Crippen molar-refractivity contribution in [2.45, 2.75) is 6.54 Å². The fourth-order valence-electron chi connectivity index (χ4n) is 1.73. The van der Waals surface area contributed by atoms with E-state index in [1.807, 2.05) is 0 Å². The van der Waals surface area contributed by atoms with Gasteiger partial charge in [0.25, 0.3) is 5.91 Å². The van der Waals surface area contributed by atoms with Crippen molar-refractivity contribution in [3.8, 4) is 0 Å². The Morgan fingerprint density at radius 1 is 1.29 bits per heavy atom. The number of halogens is 1. The summed E-state index contributed by atoms with van der Waals surface area (Å²) in [6.07, 6.45) is 2.53. The largest absolute Gasteiger partial charge is 0.465 e. The Balaban J connectivity index is 2.07. The number of methoxy groups -OCH3 is 1. The zero-order chi connectivity index (χ0) is 15.2. The molecule has 6 heteroatoms. The van der Waals surface area contributed by atoms with Crippen molar-refractivity contribution in [1.82, 2.24) is 10.3 Å². The normalized spacial score (nSPS) is 10.0. The van der Waals surface area contributed by atoms with E-state index in [-0.39, 0.29) is 12.1 Å². The molecule has 0 saturated carbocycles. The zero-order valence-electron chi connectivity index (χ0n) is 11.3. The number of esters is 1. The molecular formula is C15H13FN2O3. The van der Waals surface area contributed by atoms with Gasteiger partial charge in [0.1, 0.15) is 5.82 Å². The summed E-state index contributed by atoms with van der Waals surface area (Å²) in [6, 6.07) is 7.59. The number of carbonyl (C=O) groups excluding carboxylic acids is 2. The minimum absolute atomic E-state index is 0.0373. The number of amides is 1. The second-order valence-corrected chi connectivity index (χ2v) is 4.22. The van der Waals surface area contributed by atoms with E-state index in [0.29, 0.717) is 11.1 Å². The van der Waals surface area contributed by atoms with Gasteiger partial charge in [-0.2, -0.15) is 0 Å². The Morgan fingerprint density at radius 2 is 2.05 bits per heavy atom. The van der Waals surface area contributed by atoms with E-state index in [1.54, 1.807) is 18.2 Å². The molecule has 0 radical (unpaired) electrons. The van der Waals surface area contributed by atoms with Crippen LogP contribution < -0.4 is 5.32 Å². The molecule has 21 heavy (non-hydrogen) atoms. The molecule has 0 spiro atoms. The highest BCUT2D eigenvalue weighted by Crippen LogP contribution is 2.08. The van der Waals surface area contributed by atoms with Gasteiger partial charge >= 0.3 is 5.97 Å². The number of pyridine rings is 1. The van der Waals surface area contributed by atoms with Crippen LogP contribution in [-0.2, 0) is 11.3 Å². The van der Waals surface area contributed by atoms with E-state index < -0.39 is 17.7 Å². The van der Waals surface area contributed by atoms with E-state index in [2.05, 4.69) is 15.0 Å². The van der Waals surface area contributed by atoms with Gasteiger partial charge in [0.05, 0.1) is 18.9 Å². The number of nitrogens with zero attached hydrogens (tertiary/aromatic N) is 1. The molecule has 0 bridgehead atoms. The van der Waals surface area contributed by atoms with Gasteiger partial charge in [0.2, 0.25) is 0 Å². The molecule has 0 aliphatic heterocycles. The molecule has 0 unspecified atom stereocenters. The first-order valence-corrected chi connectivity index (χ1v) is 6.17. The maximum atomic E-state index is 13.4. The second kappa shape index (κ2) is 6.60. The number of aromatic nitrogens is 1. The summed E-state index contributed by atoms with van der Waals surface area (Å²) in [5.41, 5.74) is 0.912. The van der Waals surface area contributed by atoms with Gasteiger partial charge in [0.15, 0.2) is 0 Å². The van der Waals surface area contributed by atoms with Crippen LogP contribution in [0.5, 0.6) is 0 Å². The first-order valence-electron chi connectivity index (χ1n) is 6.17. The molecule has 2 rings (SSSR count). The Morgan fingerprint density at radius 3 is 2.76 bits per heavy atom. The molecular weight excluding hydrogens is 275 g/mol. The third-order valence-corrected chi connectivity index (χ3v) is 2.84. The van der Waals surface area contributed by atoms with Crippen LogP contribution in [-0.4, -0.2) is 24.0 Å². The Bertz CT molecular complexity index is 673. The topological polar surface area (TPSA) is 68.3 Å². The minimum Gasteiger partial charge on any atom is -0.465 e. The Hall–Kier alpha value is -2.76. The summed E-state index contributed by atoms with van der Waals surface area (Å²) in [5.74, 6) is -1.41. The lowest BCUT2D eigenvalue weighted by atomic mass is 10.1. The fourth-order valence-corrected chi connectivity index (χ4v) is 1.73. The monoisotopic (exact) mass is 288 g/mol. The maximum absolute atomic E-state index is 13.4. The maximum Gasteiger partial charge on any atom is 0.337 e. The van der Waals surface area contributed by atoms with Crippen LogP contribution in [0.3, 0.4) is 0 Å². The van der Waals surface area contributed by atoms with Gasteiger partial charge in [-0.3, -0.25) is 9.78 Å². The quantitative estimate of drug-likeness (QED) is 0.873. The highest BCUT2D eigenvalue weighted by atomic mass is 19.1. The van der Waals surface area contributed by atoms with Gasteiger partial charge < -0.3 is 10.1 Å². The second-order valence-electron chi connectivity index (χ2n) is 4.22. The van der Waals surface area contributed by atoms with Crippen molar-refractivity contribution in [1.29, 1.82) is 0 Å². The van der Waals surface area contributed by atoms with Crippen LogP contribution in [0.15, 0.2) is 42.7 Å². The average molecular weight is 288 g/mol. The molecule has 0 aliphatic carbocycles. The number of ether oxygens (including phenoxy) is 1. The predicted molar refractivity (Wildman–Crippen MR) is 73.1 cm³/mol. The highest BCUT2D eigenvalue weighted by molar-refractivity contribution is 5.97. The number of carbonyl (C=O) groups is 2. The molecule has 0 atom stereocenters. The minimum atomic E-state index is -0.523. The van der Waals surface area contributed by atoms with E-state index in [1.165, 1.54) is 25.4 Å². The van der Waals surface area contributed by atoms with Gasteiger partial charge in [-0.25, -0.2) is 9.18 Å². The van der Waals surface area contributed by atoms with Crippen LogP contribution >= 0.6 is 0 Å². The molecule has 1 N–H and O–H groups in total. The van der Waals surface area contributed by atoms with Crippen molar-refractivity contribution in [2.75, 3.05) is 7.11 Å². The van der Waals surface area contributed by atoms with Crippen molar-refractivity contribution >= 4 is 11.9 Å². The molecule has 108 valence electrons. The van der Waals surface area contributed by atoms with Crippen LogP contribution in [0.1, 0.15) is 26.3 Å². The van der Waals surface area contributed by atoms with Crippen molar-refractivity contribution < 1.29 is 18.7 Å². The third-order valence-electron chi connectivity index (χ3n) is 2.84. The molecule has 1 heterocycles. The molecule has 1 aromatic heterocycles. The van der Waals surface area contributed by atoms with Gasteiger partial charge in [-0.05, 0) is 24.3 Å². The van der Waals surface area contributed by atoms with Crippen LogP contribution in [0, 0.1) is 5.82 Å². The molecule has 5 nitrogen and oxygen atoms in total. The number of nitrogens with one attached hydrogen (secondary N) is 1. The average Bonchev–Trinajstić information content (AvgIpc) is 2.53. The fraction of sp³-hybridized carbons (Fsp3) is 0.133. The molecule has 1 amide bonds. The lowest BCUT2D eigenvalue weighted by molar-refractivity contribution is 0.0600. The highest BCUT2D eigenvalue weighted by Gasteiger charge is 2.11. The SMILES string of the molecule is COC(=O)c1cccc(C(=O)NCc2ccncc2F)c1. The van der Waals surface area contributed by atoms with E-state index in [4.69, 9.17) is 0 Å². The lowest BCUT2D eigenvalue weighted by Gasteiger charge is -2.07. The van der Waals surface area contributed by atoms with E-state index in [0.717, 1.165) is 6.20 Å². The Labute approximate surface area is 120 Å². The van der Waals surface area contributed by atoms with Gasteiger partial charge in [-0.15, -0.1) is 0 Å². The van der Waals surface area contributed by atoms with Crippen LogP contribution in [0.2, 0.25) is 0 Å².